The average Bonchev–Trinajstić information content (AvgIpc) is 2.18. The second-order valence-electron chi connectivity index (χ2n) is 2.97. The maximum absolute atomic E-state index is 11.4. The first-order valence-electron chi connectivity index (χ1n) is 4.12. The van der Waals surface area contributed by atoms with Gasteiger partial charge in [-0.15, -0.1) is 0 Å². The molecule has 13 heavy (non-hydrogen) atoms. The number of Topliss-reactive ketones (excluding diaryl/α,β-unsaturated/α-hetero) is 1. The maximum Gasteiger partial charge on any atom is 0.166 e. The lowest BCUT2D eigenvalue weighted by Gasteiger charge is -2.16. The molecule has 64 valence electrons. The van der Waals surface area contributed by atoms with Gasteiger partial charge in [0.1, 0.15) is 0 Å². The first-order chi connectivity index (χ1) is 6.31. The quantitative estimate of drug-likeness (QED) is 0.646. The number of benzene rings is 1. The molecule has 0 aromatic heterocycles. The summed E-state index contributed by atoms with van der Waals surface area (Å²) >= 11 is 0. The Hall–Kier alpha value is -1.82. The Morgan fingerprint density at radius 3 is 3.08 bits per heavy atom. The van der Waals surface area contributed by atoms with Crippen molar-refractivity contribution in [2.45, 2.75) is 6.42 Å². The minimum atomic E-state index is 0.151. The van der Waals surface area contributed by atoms with Crippen LogP contribution in [-0.4, -0.2) is 12.3 Å². The number of ketones is 1. The van der Waals surface area contributed by atoms with E-state index >= 15 is 0 Å². The first kappa shape index (κ1) is 7.81. The SMILES string of the molecule is N#Cc1ccc2c(c1)NCCC2=O. The molecular formula is C10H8N2O. The predicted octanol–water partition coefficient (Wildman–Crippen LogP) is 1.56. The van der Waals surface area contributed by atoms with E-state index in [-0.39, 0.29) is 5.78 Å². The third-order valence-corrected chi connectivity index (χ3v) is 2.12. The number of nitrogens with zero attached hydrogens (tertiary/aromatic N) is 1. The van der Waals surface area contributed by atoms with Crippen LogP contribution in [0.15, 0.2) is 18.2 Å². The number of fused-ring (bicyclic) bond motifs is 1. The Morgan fingerprint density at radius 1 is 1.46 bits per heavy atom. The van der Waals surface area contributed by atoms with Gasteiger partial charge in [-0.2, -0.15) is 5.26 Å². The standard InChI is InChI=1S/C10H8N2O/c11-6-7-1-2-8-9(5-7)12-4-3-10(8)13/h1-2,5,12H,3-4H2. The molecule has 1 aromatic carbocycles. The van der Waals surface area contributed by atoms with E-state index in [0.29, 0.717) is 24.1 Å². The summed E-state index contributed by atoms with van der Waals surface area (Å²) in [6.07, 6.45) is 0.541. The van der Waals surface area contributed by atoms with Gasteiger partial charge in [0.15, 0.2) is 5.78 Å². The molecule has 0 bridgehead atoms. The van der Waals surface area contributed by atoms with Crippen LogP contribution in [0.3, 0.4) is 0 Å². The largest absolute Gasteiger partial charge is 0.384 e. The Kier molecular flexibility index (Phi) is 1.75. The molecule has 0 aliphatic carbocycles. The molecule has 0 unspecified atom stereocenters. The van der Waals surface area contributed by atoms with Gasteiger partial charge in [0.05, 0.1) is 11.6 Å². The Balaban J connectivity index is 2.53. The molecule has 0 fully saturated rings. The van der Waals surface area contributed by atoms with Gasteiger partial charge in [0, 0.05) is 24.2 Å². The molecule has 0 saturated heterocycles. The molecule has 1 N–H and O–H groups in total. The summed E-state index contributed by atoms with van der Waals surface area (Å²) in [7, 11) is 0. The van der Waals surface area contributed by atoms with Crippen LogP contribution in [0, 0.1) is 11.3 Å². The van der Waals surface area contributed by atoms with E-state index in [0.717, 1.165) is 5.69 Å². The molecule has 1 aliphatic heterocycles. The lowest BCUT2D eigenvalue weighted by atomic mass is 10.0. The normalized spacial score (nSPS) is 14.2. The van der Waals surface area contributed by atoms with Gasteiger partial charge in [-0.25, -0.2) is 0 Å². The van der Waals surface area contributed by atoms with Gasteiger partial charge < -0.3 is 5.32 Å². The van der Waals surface area contributed by atoms with Crippen LogP contribution < -0.4 is 5.32 Å². The van der Waals surface area contributed by atoms with Crippen LogP contribution in [0.2, 0.25) is 0 Å². The average molecular weight is 172 g/mol. The predicted molar refractivity (Wildman–Crippen MR) is 48.6 cm³/mol. The van der Waals surface area contributed by atoms with Crippen LogP contribution >= 0.6 is 0 Å². The summed E-state index contributed by atoms with van der Waals surface area (Å²) in [4.78, 5) is 11.4. The van der Waals surface area contributed by atoms with Crippen molar-refractivity contribution >= 4 is 11.5 Å². The molecule has 0 spiro atoms. The molecule has 0 radical (unpaired) electrons. The highest BCUT2D eigenvalue weighted by Crippen LogP contribution is 2.22. The van der Waals surface area contributed by atoms with Crippen molar-refractivity contribution in [3.8, 4) is 6.07 Å². The number of hydrogen-bond acceptors (Lipinski definition) is 3. The smallest absolute Gasteiger partial charge is 0.166 e. The zero-order chi connectivity index (χ0) is 9.26. The van der Waals surface area contributed by atoms with Crippen molar-refractivity contribution in [1.29, 1.82) is 5.26 Å². The number of hydrogen-bond donors (Lipinski definition) is 1. The van der Waals surface area contributed by atoms with Crippen molar-refractivity contribution < 1.29 is 4.79 Å². The van der Waals surface area contributed by atoms with Crippen LogP contribution in [0.1, 0.15) is 22.3 Å². The maximum atomic E-state index is 11.4. The minimum Gasteiger partial charge on any atom is -0.384 e. The zero-order valence-corrected chi connectivity index (χ0v) is 7.00. The molecule has 0 saturated carbocycles. The summed E-state index contributed by atoms with van der Waals surface area (Å²) in [5.74, 6) is 0.151. The summed E-state index contributed by atoms with van der Waals surface area (Å²) in [6.45, 7) is 0.667. The Labute approximate surface area is 76.0 Å². The minimum absolute atomic E-state index is 0.151. The van der Waals surface area contributed by atoms with Crippen LogP contribution in [0.5, 0.6) is 0 Å². The molecular weight excluding hydrogens is 164 g/mol. The lowest BCUT2D eigenvalue weighted by molar-refractivity contribution is 0.0984. The van der Waals surface area contributed by atoms with Crippen molar-refractivity contribution in [3.05, 3.63) is 29.3 Å². The molecule has 3 heteroatoms. The fraction of sp³-hybridized carbons (Fsp3) is 0.200. The van der Waals surface area contributed by atoms with Gasteiger partial charge in [-0.3, -0.25) is 4.79 Å². The summed E-state index contributed by atoms with van der Waals surface area (Å²) in [6, 6.07) is 7.14. The molecule has 1 aromatic rings. The van der Waals surface area contributed by atoms with Gasteiger partial charge >= 0.3 is 0 Å². The van der Waals surface area contributed by atoms with E-state index in [1.54, 1.807) is 18.2 Å². The number of nitriles is 1. The van der Waals surface area contributed by atoms with Gasteiger partial charge in [-0.05, 0) is 18.2 Å². The molecule has 3 nitrogen and oxygen atoms in total. The van der Waals surface area contributed by atoms with E-state index in [1.807, 2.05) is 6.07 Å². The van der Waals surface area contributed by atoms with Crippen LogP contribution in [0.25, 0.3) is 0 Å². The first-order valence-corrected chi connectivity index (χ1v) is 4.12. The molecule has 0 amide bonds. The number of carbonyl (C=O) groups excluding carboxylic acids is 1. The molecule has 0 atom stereocenters. The number of carbonyl (C=O) groups is 1. The topological polar surface area (TPSA) is 52.9 Å². The fourth-order valence-corrected chi connectivity index (χ4v) is 1.45. The third-order valence-electron chi connectivity index (χ3n) is 2.12. The monoisotopic (exact) mass is 172 g/mol. The second-order valence-corrected chi connectivity index (χ2v) is 2.97. The Bertz CT molecular complexity index is 404. The van der Waals surface area contributed by atoms with Crippen LogP contribution in [0.4, 0.5) is 5.69 Å². The Morgan fingerprint density at radius 2 is 2.31 bits per heavy atom. The second kappa shape index (κ2) is 2.91. The highest BCUT2D eigenvalue weighted by molar-refractivity contribution is 6.03. The molecule has 2 rings (SSSR count). The van der Waals surface area contributed by atoms with E-state index in [1.165, 1.54) is 0 Å². The van der Waals surface area contributed by atoms with E-state index < -0.39 is 0 Å². The van der Waals surface area contributed by atoms with Crippen molar-refractivity contribution in [1.82, 2.24) is 0 Å². The number of nitrogens with one attached hydrogen (secondary N) is 1. The van der Waals surface area contributed by atoms with Crippen molar-refractivity contribution in [2.24, 2.45) is 0 Å². The van der Waals surface area contributed by atoms with E-state index in [9.17, 15) is 4.79 Å². The van der Waals surface area contributed by atoms with Crippen molar-refractivity contribution in [3.63, 3.8) is 0 Å². The van der Waals surface area contributed by atoms with Crippen LogP contribution in [-0.2, 0) is 0 Å². The molecule has 1 aliphatic rings. The van der Waals surface area contributed by atoms with Crippen molar-refractivity contribution in [2.75, 3.05) is 11.9 Å². The fourth-order valence-electron chi connectivity index (χ4n) is 1.45. The summed E-state index contributed by atoms with van der Waals surface area (Å²) in [5.41, 5.74) is 2.07. The number of anilines is 1. The third kappa shape index (κ3) is 1.27. The van der Waals surface area contributed by atoms with Gasteiger partial charge in [0.2, 0.25) is 0 Å². The highest BCUT2D eigenvalue weighted by atomic mass is 16.1. The summed E-state index contributed by atoms with van der Waals surface area (Å²) in [5, 5.41) is 11.7. The van der Waals surface area contributed by atoms with E-state index in [4.69, 9.17) is 5.26 Å². The number of rotatable bonds is 0. The highest BCUT2D eigenvalue weighted by Gasteiger charge is 2.16. The van der Waals surface area contributed by atoms with E-state index in [2.05, 4.69) is 5.32 Å². The van der Waals surface area contributed by atoms with Gasteiger partial charge in [-0.1, -0.05) is 0 Å². The molecule has 1 heterocycles. The lowest BCUT2D eigenvalue weighted by Crippen LogP contribution is -2.17. The van der Waals surface area contributed by atoms with Gasteiger partial charge in [0.25, 0.3) is 0 Å². The zero-order valence-electron chi connectivity index (χ0n) is 7.00. The summed E-state index contributed by atoms with van der Waals surface area (Å²) < 4.78 is 0.